The fourth-order valence-electron chi connectivity index (χ4n) is 13.2. The van der Waals surface area contributed by atoms with Gasteiger partial charge in [0.2, 0.25) is 0 Å². The molecule has 0 spiro atoms. The van der Waals surface area contributed by atoms with Crippen LogP contribution in [0.5, 0.6) is 0 Å². The Labute approximate surface area is 370 Å². The van der Waals surface area contributed by atoms with Gasteiger partial charge in [0.25, 0.3) is 0 Å². The number of carbonyl (C=O) groups excluding carboxylic acids is 1. The Morgan fingerprint density at radius 1 is 0.661 bits per heavy atom. The van der Waals surface area contributed by atoms with Gasteiger partial charge in [-0.25, -0.2) is 0 Å². The number of ether oxygens (including phenoxy) is 1. The topological polar surface area (TPSA) is 26.3 Å². The lowest BCUT2D eigenvalue weighted by molar-refractivity contribution is -0.169. The van der Waals surface area contributed by atoms with Crippen LogP contribution in [0.15, 0.2) is 23.3 Å². The Morgan fingerprint density at radius 3 is 1.59 bits per heavy atom. The van der Waals surface area contributed by atoms with E-state index in [9.17, 15) is 4.79 Å². The van der Waals surface area contributed by atoms with Gasteiger partial charge in [0, 0.05) is 11.8 Å². The number of rotatable bonds is 32. The van der Waals surface area contributed by atoms with E-state index in [0.29, 0.717) is 29.6 Å². The number of allylic oxidation sites excluding steroid dienone is 3. The average Bonchev–Trinajstić information content (AvgIpc) is 3.20. The molecule has 0 heterocycles. The first-order valence-corrected chi connectivity index (χ1v) is 26.8. The molecule has 0 aromatic heterocycles. The molecule has 0 aromatic rings. The third-order valence-electron chi connectivity index (χ3n) is 17.6. The van der Waals surface area contributed by atoms with Crippen molar-refractivity contribution in [2.24, 2.45) is 45.8 Å². The number of fused-ring (bicyclic) bond motifs is 2. The molecule has 7 atom stereocenters. The molecule has 2 heteroatoms. The highest BCUT2D eigenvalue weighted by molar-refractivity contribution is 5.69. The van der Waals surface area contributed by atoms with Gasteiger partial charge in [-0.1, -0.05) is 240 Å². The van der Waals surface area contributed by atoms with Crippen molar-refractivity contribution in [3.8, 4) is 0 Å². The molecule has 0 amide bonds. The number of unbranched alkanes of at least 4 members (excludes halogenated alkanes) is 22. The lowest BCUT2D eigenvalue weighted by Crippen LogP contribution is -2.55. The highest BCUT2D eigenvalue weighted by atomic mass is 16.5. The van der Waals surface area contributed by atoms with E-state index in [0.717, 1.165) is 24.7 Å². The number of hydrogen-bond donors (Lipinski definition) is 0. The van der Waals surface area contributed by atoms with Gasteiger partial charge in [0.05, 0.1) is 0 Å². The van der Waals surface area contributed by atoms with E-state index in [2.05, 4.69) is 75.8 Å². The molecule has 0 aromatic carbocycles. The zero-order chi connectivity index (χ0) is 43.3. The maximum atomic E-state index is 13.2. The first kappa shape index (κ1) is 52.3. The van der Waals surface area contributed by atoms with Crippen molar-refractivity contribution in [3.63, 3.8) is 0 Å². The SMILES string of the molecule is C=C(CCC(C)C(CC)C1(C)CCC2=C(CCC3C2(C)CCC(OC(=O)CCCCCCCCCCCCCCCCCCCCCCCCC)C3(C)C)C1C)C(C)C. The van der Waals surface area contributed by atoms with E-state index in [1.54, 1.807) is 0 Å². The average molecular weight is 821 g/mol. The van der Waals surface area contributed by atoms with Gasteiger partial charge < -0.3 is 4.74 Å². The summed E-state index contributed by atoms with van der Waals surface area (Å²) in [5, 5.41) is 0. The summed E-state index contributed by atoms with van der Waals surface area (Å²) in [4.78, 5) is 13.2. The summed E-state index contributed by atoms with van der Waals surface area (Å²) in [6.07, 6.45) is 43.7. The minimum Gasteiger partial charge on any atom is -0.462 e. The molecular formula is C57H104O2. The summed E-state index contributed by atoms with van der Waals surface area (Å²) in [6.45, 7) is 29.0. The van der Waals surface area contributed by atoms with Crippen LogP contribution in [0.1, 0.15) is 281 Å². The molecule has 3 aliphatic carbocycles. The largest absolute Gasteiger partial charge is 0.462 e. The third-order valence-corrected chi connectivity index (χ3v) is 17.6. The molecule has 1 saturated carbocycles. The van der Waals surface area contributed by atoms with E-state index < -0.39 is 0 Å². The van der Waals surface area contributed by atoms with Crippen LogP contribution in [-0.4, -0.2) is 12.1 Å². The van der Waals surface area contributed by atoms with Crippen molar-refractivity contribution in [2.45, 2.75) is 287 Å². The second-order valence-corrected chi connectivity index (χ2v) is 22.5. The van der Waals surface area contributed by atoms with Crippen LogP contribution in [0.25, 0.3) is 0 Å². The van der Waals surface area contributed by atoms with Gasteiger partial charge in [-0.05, 0) is 98.2 Å². The molecule has 0 saturated heterocycles. The zero-order valence-electron chi connectivity index (χ0n) is 41.8. The Bertz CT molecular complexity index is 1210. The van der Waals surface area contributed by atoms with Crippen molar-refractivity contribution in [2.75, 3.05) is 0 Å². The second kappa shape index (κ2) is 27.2. The Kier molecular flexibility index (Phi) is 24.1. The highest BCUT2D eigenvalue weighted by Gasteiger charge is 2.58. The van der Waals surface area contributed by atoms with Crippen LogP contribution in [0.3, 0.4) is 0 Å². The molecule has 0 radical (unpaired) electrons. The van der Waals surface area contributed by atoms with Crippen LogP contribution >= 0.6 is 0 Å². The molecule has 3 aliphatic rings. The fraction of sp³-hybridized carbons (Fsp3) is 0.912. The van der Waals surface area contributed by atoms with Gasteiger partial charge >= 0.3 is 5.97 Å². The monoisotopic (exact) mass is 821 g/mol. The quantitative estimate of drug-likeness (QED) is 0.0384. The van der Waals surface area contributed by atoms with Crippen molar-refractivity contribution in [3.05, 3.63) is 23.3 Å². The van der Waals surface area contributed by atoms with Gasteiger partial charge in [-0.3, -0.25) is 4.79 Å². The molecule has 1 fully saturated rings. The normalized spacial score (nSPS) is 26.4. The second-order valence-electron chi connectivity index (χ2n) is 22.5. The first-order chi connectivity index (χ1) is 28.2. The van der Waals surface area contributed by atoms with E-state index in [4.69, 9.17) is 4.74 Å². The summed E-state index contributed by atoms with van der Waals surface area (Å²) in [7, 11) is 0. The minimum atomic E-state index is 0.0108. The molecule has 344 valence electrons. The molecule has 2 nitrogen and oxygen atoms in total. The molecule has 0 N–H and O–H groups in total. The van der Waals surface area contributed by atoms with Crippen molar-refractivity contribution < 1.29 is 9.53 Å². The van der Waals surface area contributed by atoms with Crippen LogP contribution in [0, 0.1) is 45.8 Å². The Balaban J connectivity index is 1.27. The number of hydrogen-bond acceptors (Lipinski definition) is 2. The van der Waals surface area contributed by atoms with E-state index >= 15 is 0 Å². The predicted octanol–water partition coefficient (Wildman–Crippen LogP) is 18.9. The van der Waals surface area contributed by atoms with Crippen LogP contribution < -0.4 is 0 Å². The molecule has 0 bridgehead atoms. The zero-order valence-corrected chi connectivity index (χ0v) is 41.8. The van der Waals surface area contributed by atoms with Gasteiger partial charge in [0.15, 0.2) is 0 Å². The third kappa shape index (κ3) is 15.9. The van der Waals surface area contributed by atoms with Crippen LogP contribution in [0.2, 0.25) is 0 Å². The number of esters is 1. The standard InChI is InChI=1S/C57H104O2/c1-12-14-15-16-17-18-19-20-21-22-23-24-25-26-27-28-29-30-31-32-33-34-35-36-54(58)59-53-42-44-57(11)51-41-43-56(10,48(7)49(51)39-40-52(57)55(53,8)9)50(13-2)47(6)38-37-46(5)45(3)4/h45,47-48,50,52-53H,5,12-44H2,1-4,6-11H3. The van der Waals surface area contributed by atoms with Gasteiger partial charge in [-0.15, -0.1) is 0 Å². The summed E-state index contributed by atoms with van der Waals surface area (Å²) in [5.74, 6) is 3.35. The van der Waals surface area contributed by atoms with Crippen molar-refractivity contribution >= 4 is 5.97 Å². The number of carbonyl (C=O) groups is 1. The van der Waals surface area contributed by atoms with E-state index in [-0.39, 0.29) is 22.9 Å². The fourth-order valence-corrected chi connectivity index (χ4v) is 13.2. The summed E-state index contributed by atoms with van der Waals surface area (Å²) >= 11 is 0. The molecule has 0 aliphatic heterocycles. The molecule has 3 rings (SSSR count). The Morgan fingerprint density at radius 2 is 1.14 bits per heavy atom. The van der Waals surface area contributed by atoms with E-state index in [1.165, 1.54) is 198 Å². The lowest BCUT2D eigenvalue weighted by atomic mass is 9.45. The van der Waals surface area contributed by atoms with E-state index in [1.807, 2.05) is 11.1 Å². The summed E-state index contributed by atoms with van der Waals surface area (Å²) < 4.78 is 6.41. The maximum Gasteiger partial charge on any atom is 0.306 e. The van der Waals surface area contributed by atoms with Crippen molar-refractivity contribution in [1.82, 2.24) is 0 Å². The minimum absolute atomic E-state index is 0.0108. The van der Waals surface area contributed by atoms with Gasteiger partial charge in [0.1, 0.15) is 6.10 Å². The van der Waals surface area contributed by atoms with Crippen LogP contribution in [0.4, 0.5) is 0 Å². The lowest BCUT2D eigenvalue weighted by Gasteiger charge is -2.61. The Hall–Kier alpha value is -1.05. The maximum absolute atomic E-state index is 13.2. The predicted molar refractivity (Wildman–Crippen MR) is 260 cm³/mol. The first-order valence-electron chi connectivity index (χ1n) is 26.8. The van der Waals surface area contributed by atoms with Crippen molar-refractivity contribution in [1.29, 1.82) is 0 Å². The van der Waals surface area contributed by atoms with Crippen LogP contribution in [-0.2, 0) is 9.53 Å². The summed E-state index contributed by atoms with van der Waals surface area (Å²) in [6, 6.07) is 0. The highest BCUT2D eigenvalue weighted by Crippen LogP contribution is 2.65. The molecular weight excluding hydrogens is 717 g/mol. The summed E-state index contributed by atoms with van der Waals surface area (Å²) in [5.41, 5.74) is 5.67. The van der Waals surface area contributed by atoms with Gasteiger partial charge in [-0.2, -0.15) is 0 Å². The molecule has 7 unspecified atom stereocenters. The molecule has 59 heavy (non-hydrogen) atoms. The smallest absolute Gasteiger partial charge is 0.306 e.